The predicted molar refractivity (Wildman–Crippen MR) is 26.0 cm³/mol. The molecule has 0 aliphatic carbocycles. The van der Waals surface area contributed by atoms with Gasteiger partial charge < -0.3 is 0 Å². The molecule has 1 aliphatic rings. The summed E-state index contributed by atoms with van der Waals surface area (Å²) in [6, 6.07) is 0. The van der Waals surface area contributed by atoms with Gasteiger partial charge in [0.05, 0.1) is 0 Å². The Morgan fingerprint density at radius 3 is 2.50 bits per heavy atom. The zero-order valence-corrected chi connectivity index (χ0v) is 4.96. The molecule has 0 amide bonds. The van der Waals surface area contributed by atoms with Crippen molar-refractivity contribution in [2.24, 2.45) is 0 Å². The van der Waals surface area contributed by atoms with Crippen molar-refractivity contribution in [2.75, 3.05) is 0 Å². The fourth-order valence-electron chi connectivity index (χ4n) is 0.230. The first-order valence-electron chi connectivity index (χ1n) is 1.63. The summed E-state index contributed by atoms with van der Waals surface area (Å²) < 4.78 is 1.01. The quantitative estimate of drug-likeness (QED) is 0.359. The monoisotopic (exact) mass is 142 g/mol. The Hall–Kier alpha value is -0.162. The number of hydrogen-bond acceptors (Lipinski definition) is 1. The molecule has 0 aromatic heterocycles. The SMILES string of the molecule is O=CC1=[As]C=C1. The average molecular weight is 142 g/mol. The molecular formula is C4H3AsO. The Balaban J connectivity index is 2.57. The van der Waals surface area contributed by atoms with E-state index in [4.69, 9.17) is 0 Å². The van der Waals surface area contributed by atoms with Crippen LogP contribution >= 0.6 is 0 Å². The summed E-state index contributed by atoms with van der Waals surface area (Å²) in [6.45, 7) is 0. The van der Waals surface area contributed by atoms with E-state index in [2.05, 4.69) is 4.86 Å². The molecular weight excluding hydrogens is 139 g/mol. The van der Waals surface area contributed by atoms with Gasteiger partial charge in [0.15, 0.2) is 0 Å². The van der Waals surface area contributed by atoms with Gasteiger partial charge in [0, 0.05) is 0 Å². The Kier molecular flexibility index (Phi) is 1.02. The third-order valence-electron chi connectivity index (χ3n) is 0.590. The molecule has 0 aromatic rings. The van der Waals surface area contributed by atoms with Crippen LogP contribution in [0.4, 0.5) is 0 Å². The van der Waals surface area contributed by atoms with Crippen molar-refractivity contribution in [1.82, 2.24) is 0 Å². The molecule has 0 unspecified atom stereocenters. The van der Waals surface area contributed by atoms with E-state index in [1.807, 2.05) is 6.08 Å². The van der Waals surface area contributed by atoms with Gasteiger partial charge in [-0.3, -0.25) is 0 Å². The van der Waals surface area contributed by atoms with Crippen LogP contribution in [0.5, 0.6) is 0 Å². The maximum atomic E-state index is 9.72. The normalized spacial score (nSPS) is 18.3. The fourth-order valence-corrected chi connectivity index (χ4v) is 1.03. The molecule has 0 aromatic carbocycles. The van der Waals surface area contributed by atoms with E-state index in [0.717, 1.165) is 10.6 Å². The van der Waals surface area contributed by atoms with E-state index in [1.54, 1.807) is 0 Å². The van der Waals surface area contributed by atoms with E-state index < -0.39 is 0 Å². The van der Waals surface area contributed by atoms with E-state index in [1.165, 1.54) is 0 Å². The van der Waals surface area contributed by atoms with E-state index in [9.17, 15) is 4.79 Å². The molecule has 6 heavy (non-hydrogen) atoms. The fraction of sp³-hybridized carbons (Fsp3) is 0. The van der Waals surface area contributed by atoms with Gasteiger partial charge in [-0.2, -0.15) is 0 Å². The van der Waals surface area contributed by atoms with Crippen molar-refractivity contribution in [1.29, 1.82) is 0 Å². The Bertz CT molecular complexity index is 120. The molecule has 0 N–H and O–H groups in total. The standard InChI is InChI=1S/C4H3AsO/c6-3-4-1-2-5-4/h1-3H. The van der Waals surface area contributed by atoms with E-state index in [-0.39, 0.29) is 15.3 Å². The van der Waals surface area contributed by atoms with Gasteiger partial charge in [-0.1, -0.05) is 0 Å². The number of carbonyl (C=O) groups is 1. The van der Waals surface area contributed by atoms with Crippen molar-refractivity contribution in [3.05, 3.63) is 10.9 Å². The number of hydrogen-bond donors (Lipinski definition) is 0. The van der Waals surface area contributed by atoms with Crippen molar-refractivity contribution in [3.8, 4) is 0 Å². The molecule has 2 heteroatoms. The molecule has 0 fully saturated rings. The number of carbonyl (C=O) groups excluding carboxylic acids is 1. The van der Waals surface area contributed by atoms with Gasteiger partial charge >= 0.3 is 41.6 Å². The molecule has 0 saturated heterocycles. The average Bonchev–Trinajstić information content (AvgIpc) is 1.31. The van der Waals surface area contributed by atoms with Gasteiger partial charge in [-0.05, 0) is 0 Å². The van der Waals surface area contributed by atoms with Crippen LogP contribution in [-0.2, 0) is 4.79 Å². The zero-order chi connectivity index (χ0) is 4.41. The van der Waals surface area contributed by atoms with Crippen molar-refractivity contribution >= 4 is 25.9 Å². The second-order valence-electron chi connectivity index (χ2n) is 0.988. The van der Waals surface area contributed by atoms with Crippen LogP contribution < -0.4 is 0 Å². The topological polar surface area (TPSA) is 17.1 Å². The molecule has 0 saturated carbocycles. The molecule has 0 atom stereocenters. The molecule has 1 heterocycles. The van der Waals surface area contributed by atoms with Crippen LogP contribution in [0.1, 0.15) is 0 Å². The summed E-state index contributed by atoms with van der Waals surface area (Å²) in [6.07, 6.45) is 2.80. The van der Waals surface area contributed by atoms with Gasteiger partial charge in [0.25, 0.3) is 0 Å². The zero-order valence-electron chi connectivity index (χ0n) is 3.09. The molecule has 1 nitrogen and oxygen atoms in total. The summed E-state index contributed by atoms with van der Waals surface area (Å²) in [7, 11) is 0. The van der Waals surface area contributed by atoms with Crippen LogP contribution in [0.3, 0.4) is 0 Å². The maximum absolute atomic E-state index is 9.72. The van der Waals surface area contributed by atoms with Crippen LogP contribution in [0.15, 0.2) is 10.9 Å². The van der Waals surface area contributed by atoms with Gasteiger partial charge in [0.2, 0.25) is 0 Å². The molecule has 30 valence electrons. The summed E-state index contributed by atoms with van der Waals surface area (Å²) in [5.41, 5.74) is 0. The van der Waals surface area contributed by atoms with Gasteiger partial charge in [0.1, 0.15) is 0 Å². The Morgan fingerprint density at radius 2 is 2.50 bits per heavy atom. The first-order chi connectivity index (χ1) is 2.93. The van der Waals surface area contributed by atoms with Crippen LogP contribution in [0, 0.1) is 0 Å². The first-order valence-corrected chi connectivity index (χ1v) is 3.65. The second-order valence-corrected chi connectivity index (χ2v) is 3.24. The van der Waals surface area contributed by atoms with Crippen molar-refractivity contribution in [3.63, 3.8) is 0 Å². The summed E-state index contributed by atoms with van der Waals surface area (Å²) >= 11 is 0.209. The Labute approximate surface area is 42.3 Å². The third kappa shape index (κ3) is 0.503. The first kappa shape index (κ1) is 4.01. The minimum absolute atomic E-state index is 0.209. The molecule has 0 radical (unpaired) electrons. The van der Waals surface area contributed by atoms with Gasteiger partial charge in [-0.15, -0.1) is 0 Å². The second kappa shape index (κ2) is 1.52. The minimum atomic E-state index is 0.209. The molecule has 0 bridgehead atoms. The van der Waals surface area contributed by atoms with Crippen molar-refractivity contribution < 1.29 is 4.79 Å². The number of rotatable bonds is 1. The van der Waals surface area contributed by atoms with Gasteiger partial charge in [-0.25, -0.2) is 0 Å². The summed E-state index contributed by atoms with van der Waals surface area (Å²) in [4.78, 5) is 11.8. The number of aldehydes is 1. The van der Waals surface area contributed by atoms with Crippen LogP contribution in [0.2, 0.25) is 0 Å². The van der Waals surface area contributed by atoms with E-state index >= 15 is 0 Å². The molecule has 0 spiro atoms. The van der Waals surface area contributed by atoms with E-state index in [0.29, 0.717) is 0 Å². The predicted octanol–water partition coefficient (Wildman–Crippen LogP) is -0.411. The van der Waals surface area contributed by atoms with Crippen LogP contribution in [0.25, 0.3) is 0 Å². The third-order valence-corrected chi connectivity index (χ3v) is 2.37. The molecule has 1 aliphatic heterocycles. The Morgan fingerprint density at radius 1 is 1.83 bits per heavy atom. The van der Waals surface area contributed by atoms with Crippen molar-refractivity contribution in [2.45, 2.75) is 0 Å². The van der Waals surface area contributed by atoms with Crippen LogP contribution in [-0.4, -0.2) is 25.9 Å². The summed E-state index contributed by atoms with van der Waals surface area (Å²) in [5, 5.41) is 0. The summed E-state index contributed by atoms with van der Waals surface area (Å²) in [5.74, 6) is 0. The number of allylic oxidation sites excluding steroid dienone is 1. The molecule has 1 rings (SSSR count).